The minimum Gasteiger partial charge on any atom is -0.353 e. The molecule has 1 amide bonds. The molecule has 2 rings (SSSR count). The summed E-state index contributed by atoms with van der Waals surface area (Å²) in [7, 11) is 0. The predicted octanol–water partition coefficient (Wildman–Crippen LogP) is 3.26. The maximum Gasteiger partial charge on any atom is 0.224 e. The van der Waals surface area contributed by atoms with Crippen molar-refractivity contribution in [2.45, 2.75) is 52.1 Å². The van der Waals surface area contributed by atoms with Crippen LogP contribution in [0.25, 0.3) is 0 Å². The summed E-state index contributed by atoms with van der Waals surface area (Å²) in [5.41, 5.74) is 7.26. The first-order chi connectivity index (χ1) is 9.97. The monoisotopic (exact) mass is 288 g/mol. The van der Waals surface area contributed by atoms with E-state index >= 15 is 0 Å². The molecule has 0 heterocycles. The van der Waals surface area contributed by atoms with E-state index in [4.69, 9.17) is 5.73 Å². The minimum atomic E-state index is -0.246. The Hall–Kier alpha value is -1.35. The van der Waals surface area contributed by atoms with Crippen LogP contribution in [0.4, 0.5) is 0 Å². The third-order valence-electron chi connectivity index (χ3n) is 4.66. The fraction of sp³-hybridized carbons (Fsp3) is 0.611. The van der Waals surface area contributed by atoms with E-state index in [9.17, 15) is 4.79 Å². The van der Waals surface area contributed by atoms with Gasteiger partial charge >= 0.3 is 0 Å². The third kappa shape index (κ3) is 4.31. The Kier molecular flexibility index (Phi) is 5.40. The van der Waals surface area contributed by atoms with E-state index in [0.29, 0.717) is 17.9 Å². The van der Waals surface area contributed by atoms with Gasteiger partial charge in [0.05, 0.1) is 5.92 Å². The van der Waals surface area contributed by atoms with E-state index < -0.39 is 0 Å². The smallest absolute Gasteiger partial charge is 0.224 e. The summed E-state index contributed by atoms with van der Waals surface area (Å²) >= 11 is 0. The summed E-state index contributed by atoms with van der Waals surface area (Å²) in [6, 6.07) is 9.92. The summed E-state index contributed by atoms with van der Waals surface area (Å²) in [6.07, 6.45) is 3.44. The van der Waals surface area contributed by atoms with Crippen molar-refractivity contribution in [3.8, 4) is 0 Å². The van der Waals surface area contributed by atoms with E-state index in [1.165, 1.54) is 6.42 Å². The maximum atomic E-state index is 12.4. The lowest BCUT2D eigenvalue weighted by molar-refractivity contribution is -0.126. The van der Waals surface area contributed by atoms with Crippen molar-refractivity contribution >= 4 is 5.91 Å². The lowest BCUT2D eigenvalue weighted by Gasteiger charge is -2.33. The van der Waals surface area contributed by atoms with E-state index in [0.717, 1.165) is 18.4 Å². The average Bonchev–Trinajstić information content (AvgIpc) is 2.45. The molecule has 4 unspecified atom stereocenters. The zero-order valence-corrected chi connectivity index (χ0v) is 13.4. The molecule has 116 valence electrons. The number of carbonyl (C=O) groups is 1. The first-order valence-corrected chi connectivity index (χ1v) is 8.08. The molecular weight excluding hydrogens is 260 g/mol. The van der Waals surface area contributed by atoms with E-state index in [1.807, 2.05) is 37.3 Å². The normalized spacial score (nSPS) is 28.7. The van der Waals surface area contributed by atoms with Gasteiger partial charge in [-0.15, -0.1) is 0 Å². The van der Waals surface area contributed by atoms with Crippen LogP contribution in [0.5, 0.6) is 0 Å². The molecule has 3 nitrogen and oxygen atoms in total. The average molecular weight is 288 g/mol. The Morgan fingerprint density at radius 3 is 2.29 bits per heavy atom. The van der Waals surface area contributed by atoms with Gasteiger partial charge < -0.3 is 11.1 Å². The van der Waals surface area contributed by atoms with Crippen LogP contribution in [0.2, 0.25) is 0 Å². The molecular formula is C18H28N2O. The second-order valence-electron chi connectivity index (χ2n) is 6.85. The predicted molar refractivity (Wildman–Crippen MR) is 86.6 cm³/mol. The highest BCUT2D eigenvalue weighted by Crippen LogP contribution is 2.29. The van der Waals surface area contributed by atoms with Crippen molar-refractivity contribution in [1.82, 2.24) is 5.32 Å². The number of benzene rings is 1. The molecule has 3 heteroatoms. The molecule has 0 spiro atoms. The quantitative estimate of drug-likeness (QED) is 0.893. The molecule has 1 aromatic rings. The number of nitrogens with one attached hydrogen (secondary N) is 1. The summed E-state index contributed by atoms with van der Waals surface area (Å²) in [5.74, 6) is 1.26. The number of carbonyl (C=O) groups excluding carboxylic acids is 1. The second kappa shape index (κ2) is 7.08. The van der Waals surface area contributed by atoms with E-state index in [1.54, 1.807) is 0 Å². The highest BCUT2D eigenvalue weighted by molar-refractivity contribution is 5.79. The molecule has 1 aliphatic carbocycles. The fourth-order valence-electron chi connectivity index (χ4n) is 3.52. The first-order valence-electron chi connectivity index (χ1n) is 8.08. The zero-order valence-electron chi connectivity index (χ0n) is 13.4. The molecule has 1 fully saturated rings. The van der Waals surface area contributed by atoms with Crippen molar-refractivity contribution < 1.29 is 4.79 Å². The second-order valence-corrected chi connectivity index (χ2v) is 6.85. The summed E-state index contributed by atoms with van der Waals surface area (Å²) < 4.78 is 0. The van der Waals surface area contributed by atoms with Gasteiger partial charge in [-0.2, -0.15) is 0 Å². The molecule has 21 heavy (non-hydrogen) atoms. The summed E-state index contributed by atoms with van der Waals surface area (Å²) in [4.78, 5) is 12.4. The molecule has 1 aliphatic rings. The highest BCUT2D eigenvalue weighted by Gasteiger charge is 2.28. The molecule has 1 saturated carbocycles. The number of rotatable bonds is 4. The maximum absolute atomic E-state index is 12.4. The lowest BCUT2D eigenvalue weighted by Crippen LogP contribution is -2.44. The molecule has 4 atom stereocenters. The Labute approximate surface area is 128 Å². The fourth-order valence-corrected chi connectivity index (χ4v) is 3.52. The van der Waals surface area contributed by atoms with Crippen LogP contribution >= 0.6 is 0 Å². The third-order valence-corrected chi connectivity index (χ3v) is 4.66. The van der Waals surface area contributed by atoms with Crippen LogP contribution in [0.3, 0.4) is 0 Å². The van der Waals surface area contributed by atoms with E-state index in [2.05, 4.69) is 19.2 Å². The summed E-state index contributed by atoms with van der Waals surface area (Å²) in [6.45, 7) is 6.46. The summed E-state index contributed by atoms with van der Waals surface area (Å²) in [5, 5.41) is 3.21. The van der Waals surface area contributed by atoms with Crippen LogP contribution < -0.4 is 11.1 Å². The van der Waals surface area contributed by atoms with Gasteiger partial charge in [-0.1, -0.05) is 51.1 Å². The molecule has 0 bridgehead atoms. The van der Waals surface area contributed by atoms with Crippen molar-refractivity contribution in [2.24, 2.45) is 23.5 Å². The van der Waals surface area contributed by atoms with Crippen LogP contribution in [0.1, 0.15) is 51.6 Å². The molecule has 0 radical (unpaired) electrons. The number of hydrogen-bond donors (Lipinski definition) is 2. The van der Waals surface area contributed by atoms with Crippen molar-refractivity contribution in [2.75, 3.05) is 0 Å². The topological polar surface area (TPSA) is 55.1 Å². The van der Waals surface area contributed by atoms with Gasteiger partial charge in [-0.25, -0.2) is 0 Å². The SMILES string of the molecule is CC1CC(C)CC(NC(=O)C(C)C(N)c2ccccc2)C1. The zero-order chi connectivity index (χ0) is 15.4. The lowest BCUT2D eigenvalue weighted by atomic mass is 9.80. The standard InChI is InChI=1S/C18H28N2O/c1-12-9-13(2)11-16(10-12)20-18(21)14(3)17(19)15-7-5-4-6-8-15/h4-8,12-14,16-17H,9-11,19H2,1-3H3,(H,20,21). The molecule has 1 aromatic carbocycles. The van der Waals surface area contributed by atoms with Gasteiger partial charge in [-0.05, 0) is 36.7 Å². The van der Waals surface area contributed by atoms with Crippen molar-refractivity contribution in [3.63, 3.8) is 0 Å². The Morgan fingerprint density at radius 1 is 1.14 bits per heavy atom. The minimum absolute atomic E-state index is 0.0812. The van der Waals surface area contributed by atoms with Gasteiger partial charge in [0.1, 0.15) is 0 Å². The van der Waals surface area contributed by atoms with Gasteiger partial charge in [0, 0.05) is 12.1 Å². The molecule has 3 N–H and O–H groups in total. The van der Waals surface area contributed by atoms with E-state index in [-0.39, 0.29) is 17.9 Å². The highest BCUT2D eigenvalue weighted by atomic mass is 16.1. The first kappa shape index (κ1) is 16.0. The van der Waals surface area contributed by atoms with Crippen LogP contribution in [0.15, 0.2) is 30.3 Å². The Morgan fingerprint density at radius 2 is 1.71 bits per heavy atom. The molecule has 0 saturated heterocycles. The van der Waals surface area contributed by atoms with Gasteiger partial charge in [0.25, 0.3) is 0 Å². The largest absolute Gasteiger partial charge is 0.353 e. The Balaban J connectivity index is 1.93. The number of hydrogen-bond acceptors (Lipinski definition) is 2. The van der Waals surface area contributed by atoms with Crippen LogP contribution in [0, 0.1) is 17.8 Å². The number of nitrogens with two attached hydrogens (primary N) is 1. The van der Waals surface area contributed by atoms with Gasteiger partial charge in [0.2, 0.25) is 5.91 Å². The van der Waals surface area contributed by atoms with Crippen LogP contribution in [-0.4, -0.2) is 11.9 Å². The molecule has 0 aliphatic heterocycles. The van der Waals surface area contributed by atoms with Gasteiger partial charge in [-0.3, -0.25) is 4.79 Å². The number of amides is 1. The van der Waals surface area contributed by atoms with Crippen molar-refractivity contribution in [1.29, 1.82) is 0 Å². The van der Waals surface area contributed by atoms with Gasteiger partial charge in [0.15, 0.2) is 0 Å². The van der Waals surface area contributed by atoms with Crippen molar-refractivity contribution in [3.05, 3.63) is 35.9 Å². The Bertz CT molecular complexity index is 450. The van der Waals surface area contributed by atoms with Crippen LogP contribution in [-0.2, 0) is 4.79 Å². The molecule has 0 aromatic heterocycles.